The van der Waals surface area contributed by atoms with Crippen molar-refractivity contribution in [1.82, 2.24) is 15.2 Å². The molecule has 2 aromatic rings. The predicted molar refractivity (Wildman–Crippen MR) is 167 cm³/mol. The van der Waals surface area contributed by atoms with Crippen molar-refractivity contribution in [1.29, 1.82) is 0 Å². The minimum Gasteiger partial charge on any atom is -0.466 e. The van der Waals surface area contributed by atoms with Crippen LogP contribution in [0.1, 0.15) is 58.3 Å². The molecule has 42 heavy (non-hydrogen) atoms. The molecule has 3 N–H and O–H groups in total. The number of halogens is 2. The molecule has 1 aliphatic carbocycles. The first kappa shape index (κ1) is 34.0. The van der Waals surface area contributed by atoms with Gasteiger partial charge >= 0.3 is 18.0 Å². The molecule has 0 bridgehead atoms. The second kappa shape index (κ2) is 17.6. The molecule has 0 aliphatic heterocycles. The highest BCUT2D eigenvalue weighted by molar-refractivity contribution is 8.76. The number of hydrogen-bond donors (Lipinski definition) is 2. The Hall–Kier alpha value is -2.48. The van der Waals surface area contributed by atoms with E-state index >= 15 is 0 Å². The number of anilines is 2. The summed E-state index contributed by atoms with van der Waals surface area (Å²) in [5, 5.41) is 10.8. The number of nitrogens with zero attached hydrogens (tertiary/aromatic N) is 3. The van der Waals surface area contributed by atoms with Gasteiger partial charge in [0.05, 0.1) is 23.1 Å². The molecular formula is C27H35Cl2N5O6S2. The monoisotopic (exact) mass is 659 g/mol. The number of benzene rings is 1. The molecule has 0 radical (unpaired) electrons. The molecule has 0 saturated heterocycles. The lowest BCUT2D eigenvalue weighted by atomic mass is 9.69. The summed E-state index contributed by atoms with van der Waals surface area (Å²) in [6, 6.07) is 5.01. The minimum atomic E-state index is -0.747. The van der Waals surface area contributed by atoms with Crippen LogP contribution in [0.4, 0.5) is 16.6 Å². The molecule has 1 saturated carbocycles. The first-order valence-electron chi connectivity index (χ1n) is 13.7. The number of rotatable bonds is 15. The Morgan fingerprint density at radius 1 is 1.00 bits per heavy atom. The number of amides is 1. The molecular weight excluding hydrogens is 625 g/mol. The fraction of sp³-hybridized carbons (Fsp3) is 0.556. The van der Waals surface area contributed by atoms with Crippen LogP contribution in [0.2, 0.25) is 10.0 Å². The summed E-state index contributed by atoms with van der Waals surface area (Å²) in [6.45, 7) is 2.59. The fourth-order valence-corrected chi connectivity index (χ4v) is 6.69. The molecule has 1 aromatic carbocycles. The largest absolute Gasteiger partial charge is 0.466 e. The molecule has 230 valence electrons. The van der Waals surface area contributed by atoms with Gasteiger partial charge in [-0.25, -0.2) is 4.79 Å². The molecule has 15 heteroatoms. The number of nitrogen functional groups attached to an aromatic ring is 1. The van der Waals surface area contributed by atoms with Gasteiger partial charge in [0.1, 0.15) is 18.9 Å². The Morgan fingerprint density at radius 2 is 1.71 bits per heavy atom. The SMILES string of the molecule is CCOC(=O)CC1(CCC(=O)OCCSSCCOC(=O)Nc2nnc(-c3cccc(Cl)c3Cl)c(N)n2)CCCCC1. The van der Waals surface area contributed by atoms with Gasteiger partial charge in [0.15, 0.2) is 5.82 Å². The van der Waals surface area contributed by atoms with Crippen molar-refractivity contribution in [3.8, 4) is 11.3 Å². The number of nitrogens with one attached hydrogen (secondary N) is 1. The average molecular weight is 661 g/mol. The summed E-state index contributed by atoms with van der Waals surface area (Å²) < 4.78 is 15.7. The Morgan fingerprint density at radius 3 is 2.40 bits per heavy atom. The minimum absolute atomic E-state index is 0.0160. The third-order valence-electron chi connectivity index (χ3n) is 6.65. The van der Waals surface area contributed by atoms with Gasteiger partial charge < -0.3 is 19.9 Å². The van der Waals surface area contributed by atoms with Crippen LogP contribution < -0.4 is 11.1 Å². The van der Waals surface area contributed by atoms with Crippen molar-refractivity contribution in [3.63, 3.8) is 0 Å². The van der Waals surface area contributed by atoms with Gasteiger partial charge in [0.2, 0.25) is 0 Å². The van der Waals surface area contributed by atoms with E-state index in [-0.39, 0.29) is 53.1 Å². The number of esters is 2. The number of hydrogen-bond acceptors (Lipinski definition) is 12. The topological polar surface area (TPSA) is 156 Å². The zero-order valence-electron chi connectivity index (χ0n) is 23.4. The summed E-state index contributed by atoms with van der Waals surface area (Å²) in [5.74, 6) is 0.581. The molecule has 1 heterocycles. The summed E-state index contributed by atoms with van der Waals surface area (Å²) in [4.78, 5) is 40.5. The third kappa shape index (κ3) is 11.0. The van der Waals surface area contributed by atoms with E-state index in [2.05, 4.69) is 20.5 Å². The molecule has 1 fully saturated rings. The Labute approximate surface area is 263 Å². The first-order chi connectivity index (χ1) is 20.2. The standard InChI is InChI=1S/C27H35Cl2N5O6S2/c1-2-38-21(36)17-27(10-4-3-5-11-27)12-9-20(35)39-13-15-41-42-16-14-40-26(37)32-25-31-24(30)23(33-34-25)18-7-6-8-19(28)22(18)29/h6-8H,2-5,9-17H2,1H3,(H3,30,31,32,34,37). The Kier molecular flexibility index (Phi) is 14.2. The summed E-state index contributed by atoms with van der Waals surface area (Å²) in [5.41, 5.74) is 6.52. The molecule has 0 unspecified atom stereocenters. The van der Waals surface area contributed by atoms with Crippen LogP contribution in [0.25, 0.3) is 11.3 Å². The zero-order chi connectivity index (χ0) is 30.4. The molecule has 1 aromatic heterocycles. The quantitative estimate of drug-likeness (QED) is 0.0917. The molecule has 11 nitrogen and oxygen atoms in total. The van der Waals surface area contributed by atoms with Crippen LogP contribution in [0, 0.1) is 5.41 Å². The van der Waals surface area contributed by atoms with E-state index in [1.54, 1.807) is 25.1 Å². The van der Waals surface area contributed by atoms with Crippen molar-refractivity contribution in [2.45, 2.75) is 58.3 Å². The average Bonchev–Trinajstić information content (AvgIpc) is 2.96. The van der Waals surface area contributed by atoms with E-state index in [1.807, 2.05) is 0 Å². The number of ether oxygens (including phenoxy) is 3. The maximum absolute atomic E-state index is 12.3. The van der Waals surface area contributed by atoms with Crippen molar-refractivity contribution >= 4 is 74.6 Å². The highest BCUT2D eigenvalue weighted by Gasteiger charge is 2.35. The van der Waals surface area contributed by atoms with Gasteiger partial charge in [0.25, 0.3) is 5.95 Å². The molecule has 3 rings (SSSR count). The molecule has 1 aliphatic rings. The van der Waals surface area contributed by atoms with Crippen molar-refractivity contribution in [2.24, 2.45) is 5.41 Å². The van der Waals surface area contributed by atoms with Crippen LogP contribution in [-0.4, -0.2) is 64.5 Å². The number of aromatic nitrogens is 3. The van der Waals surface area contributed by atoms with Gasteiger partial charge in [-0.3, -0.25) is 14.9 Å². The van der Waals surface area contributed by atoms with Crippen molar-refractivity contribution < 1.29 is 28.6 Å². The van der Waals surface area contributed by atoms with Crippen LogP contribution in [-0.2, 0) is 23.8 Å². The lowest BCUT2D eigenvalue weighted by Crippen LogP contribution is -2.29. The van der Waals surface area contributed by atoms with Crippen molar-refractivity contribution in [2.75, 3.05) is 42.4 Å². The molecule has 1 amide bonds. The van der Waals surface area contributed by atoms with Gasteiger partial charge in [0, 0.05) is 23.5 Å². The fourth-order valence-electron chi connectivity index (χ4n) is 4.65. The van der Waals surface area contributed by atoms with Gasteiger partial charge in [-0.05, 0) is 37.7 Å². The van der Waals surface area contributed by atoms with Crippen LogP contribution in [0.15, 0.2) is 18.2 Å². The maximum atomic E-state index is 12.3. The maximum Gasteiger partial charge on any atom is 0.414 e. The van der Waals surface area contributed by atoms with Crippen LogP contribution >= 0.6 is 44.8 Å². The highest BCUT2D eigenvalue weighted by atomic mass is 35.5. The second-order valence-electron chi connectivity index (χ2n) is 9.64. The smallest absolute Gasteiger partial charge is 0.414 e. The van der Waals surface area contributed by atoms with E-state index in [0.29, 0.717) is 48.0 Å². The normalized spacial score (nSPS) is 14.2. The number of carbonyl (C=O) groups is 3. The van der Waals surface area contributed by atoms with Gasteiger partial charge in [-0.1, -0.05) is 76.2 Å². The van der Waals surface area contributed by atoms with E-state index < -0.39 is 6.09 Å². The second-order valence-corrected chi connectivity index (χ2v) is 13.1. The summed E-state index contributed by atoms with van der Waals surface area (Å²) in [7, 11) is 3.00. The van der Waals surface area contributed by atoms with Crippen LogP contribution in [0.5, 0.6) is 0 Å². The van der Waals surface area contributed by atoms with E-state index in [0.717, 1.165) is 32.1 Å². The van der Waals surface area contributed by atoms with Gasteiger partial charge in [-0.15, -0.1) is 10.2 Å². The van der Waals surface area contributed by atoms with E-state index in [4.69, 9.17) is 43.1 Å². The zero-order valence-corrected chi connectivity index (χ0v) is 26.5. The van der Waals surface area contributed by atoms with E-state index in [1.165, 1.54) is 21.6 Å². The Bertz CT molecular complexity index is 1220. The third-order valence-corrected chi connectivity index (χ3v) is 9.80. The predicted octanol–water partition coefficient (Wildman–Crippen LogP) is 6.58. The van der Waals surface area contributed by atoms with E-state index in [9.17, 15) is 14.4 Å². The van der Waals surface area contributed by atoms with Crippen LogP contribution in [0.3, 0.4) is 0 Å². The lowest BCUT2D eigenvalue weighted by Gasteiger charge is -2.36. The summed E-state index contributed by atoms with van der Waals surface area (Å²) in [6.07, 6.45) is 5.73. The summed E-state index contributed by atoms with van der Waals surface area (Å²) >= 11 is 12.2. The molecule has 0 spiro atoms. The highest BCUT2D eigenvalue weighted by Crippen LogP contribution is 2.43. The lowest BCUT2D eigenvalue weighted by molar-refractivity contribution is -0.149. The van der Waals surface area contributed by atoms with Gasteiger partial charge in [-0.2, -0.15) is 4.98 Å². The Balaban J connectivity index is 1.27. The first-order valence-corrected chi connectivity index (χ1v) is 16.9. The van der Waals surface area contributed by atoms with Crippen molar-refractivity contribution in [3.05, 3.63) is 28.2 Å². The molecule has 0 atom stereocenters. The number of nitrogens with two attached hydrogens (primary N) is 1. The number of carbonyl (C=O) groups excluding carboxylic acids is 3.